The fourth-order valence-electron chi connectivity index (χ4n) is 5.40. The fraction of sp³-hybridized carbons (Fsp3) is 0.333. The van der Waals surface area contributed by atoms with Crippen LogP contribution in [0.3, 0.4) is 0 Å². The molecule has 1 amide bonds. The van der Waals surface area contributed by atoms with E-state index < -0.39 is 18.3 Å². The van der Waals surface area contributed by atoms with E-state index in [2.05, 4.69) is 5.32 Å². The summed E-state index contributed by atoms with van der Waals surface area (Å²) < 4.78 is 32.5. The van der Waals surface area contributed by atoms with E-state index in [0.717, 1.165) is 16.7 Å². The minimum Gasteiger partial charge on any atom is -0.497 e. The van der Waals surface area contributed by atoms with Gasteiger partial charge >= 0.3 is 6.16 Å². The van der Waals surface area contributed by atoms with Crippen LogP contribution >= 0.6 is 0 Å². The van der Waals surface area contributed by atoms with Crippen molar-refractivity contribution in [1.29, 1.82) is 0 Å². The molecule has 3 aromatic carbocycles. The average Bonchev–Trinajstić information content (AvgIpc) is 3.59. The molecule has 216 valence electrons. The van der Waals surface area contributed by atoms with Crippen LogP contribution < -0.4 is 29.0 Å². The summed E-state index contributed by atoms with van der Waals surface area (Å²) in [7, 11) is 4.69. The molecule has 0 aromatic heterocycles. The zero-order chi connectivity index (χ0) is 28.9. The van der Waals surface area contributed by atoms with E-state index in [1.54, 1.807) is 45.6 Å². The lowest BCUT2D eigenvalue weighted by atomic mass is 9.90. The van der Waals surface area contributed by atoms with E-state index in [1.807, 2.05) is 41.3 Å². The summed E-state index contributed by atoms with van der Waals surface area (Å²) in [5.41, 5.74) is 2.47. The third-order valence-electron chi connectivity index (χ3n) is 7.34. The minimum absolute atomic E-state index is 0.0184. The van der Waals surface area contributed by atoms with Gasteiger partial charge in [0.05, 0.1) is 33.9 Å². The number of nitrogens with one attached hydrogen (secondary N) is 1. The van der Waals surface area contributed by atoms with Crippen molar-refractivity contribution in [2.45, 2.75) is 24.6 Å². The normalized spacial score (nSPS) is 19.4. The van der Waals surface area contributed by atoms with Crippen molar-refractivity contribution in [3.63, 3.8) is 0 Å². The zero-order valence-corrected chi connectivity index (χ0v) is 23.0. The Kier molecular flexibility index (Phi) is 8.34. The number of hydrogen-bond acceptors (Lipinski definition) is 9. The lowest BCUT2D eigenvalue weighted by Gasteiger charge is -2.28. The molecule has 0 bridgehead atoms. The summed E-state index contributed by atoms with van der Waals surface area (Å²) in [5.74, 6) is 2.45. The first-order valence-electron chi connectivity index (χ1n) is 13.0. The van der Waals surface area contributed by atoms with Crippen LogP contribution in [0, 0.1) is 0 Å². The van der Waals surface area contributed by atoms with Crippen molar-refractivity contribution in [2.75, 3.05) is 41.2 Å². The molecular formula is C30H32N2O9. The van der Waals surface area contributed by atoms with Gasteiger partial charge in [0.15, 0.2) is 23.0 Å². The van der Waals surface area contributed by atoms with Crippen LogP contribution in [-0.4, -0.2) is 69.4 Å². The quantitative estimate of drug-likeness (QED) is 0.350. The molecule has 0 aliphatic carbocycles. The SMILES string of the molecule is COc1ccc([C@@H]2[C@@H](OC(=O)O)[C@@H](c3ccc4c(c3)OCO4)CN2CC(=O)NCc2ccc(OC)c(OC)c2)cc1. The number of amides is 1. The highest BCUT2D eigenvalue weighted by atomic mass is 16.7. The van der Waals surface area contributed by atoms with Crippen LogP contribution in [0.1, 0.15) is 28.7 Å². The summed E-state index contributed by atoms with van der Waals surface area (Å²) in [6, 6.07) is 17.8. The van der Waals surface area contributed by atoms with Gasteiger partial charge in [-0.3, -0.25) is 9.69 Å². The first-order valence-corrected chi connectivity index (χ1v) is 13.0. The molecule has 1 saturated heterocycles. The molecule has 2 heterocycles. The third-order valence-corrected chi connectivity index (χ3v) is 7.34. The van der Waals surface area contributed by atoms with Gasteiger partial charge < -0.3 is 38.8 Å². The molecule has 0 radical (unpaired) electrons. The molecule has 2 aliphatic rings. The molecule has 0 unspecified atom stereocenters. The molecule has 0 spiro atoms. The van der Waals surface area contributed by atoms with Crippen LogP contribution in [0.2, 0.25) is 0 Å². The Balaban J connectivity index is 1.40. The summed E-state index contributed by atoms with van der Waals surface area (Å²) in [6.07, 6.45) is -2.18. The predicted octanol–water partition coefficient (Wildman–Crippen LogP) is 3.96. The summed E-state index contributed by atoms with van der Waals surface area (Å²) in [4.78, 5) is 27.0. The largest absolute Gasteiger partial charge is 0.506 e. The molecule has 3 aromatic rings. The molecular weight excluding hydrogens is 532 g/mol. The smallest absolute Gasteiger partial charge is 0.497 e. The number of hydrogen-bond donors (Lipinski definition) is 2. The van der Waals surface area contributed by atoms with Crippen LogP contribution in [0.25, 0.3) is 0 Å². The number of rotatable bonds is 10. The maximum Gasteiger partial charge on any atom is 0.506 e. The van der Waals surface area contributed by atoms with Crippen LogP contribution in [0.5, 0.6) is 28.7 Å². The van der Waals surface area contributed by atoms with Crippen molar-refractivity contribution in [3.8, 4) is 28.7 Å². The van der Waals surface area contributed by atoms with Gasteiger partial charge in [-0.25, -0.2) is 4.79 Å². The van der Waals surface area contributed by atoms with E-state index in [4.69, 9.17) is 28.4 Å². The van der Waals surface area contributed by atoms with Crippen LogP contribution in [0.15, 0.2) is 60.7 Å². The Morgan fingerprint density at radius 1 is 0.902 bits per heavy atom. The highest BCUT2D eigenvalue weighted by Gasteiger charge is 2.46. The standard InChI is InChI=1S/C30H32N2O9/c1-36-21-8-5-19(6-9-21)28-29(41-30(34)35)22(20-7-11-24-26(13-20)40-17-39-24)15-32(28)16-27(33)31-14-18-4-10-23(37-2)25(12-18)38-3/h4-13,22,28-29H,14-17H2,1-3H3,(H,31,33)(H,34,35)/t22-,28-,29+/m1/s1. The van der Waals surface area contributed by atoms with Crippen molar-refractivity contribution in [1.82, 2.24) is 10.2 Å². The molecule has 2 aliphatic heterocycles. The van der Waals surface area contributed by atoms with Gasteiger partial charge in [0.2, 0.25) is 12.7 Å². The topological polar surface area (TPSA) is 125 Å². The number of carboxylic acid groups (broad SMARTS) is 1. The highest BCUT2D eigenvalue weighted by Crippen LogP contribution is 2.45. The second-order valence-electron chi connectivity index (χ2n) is 9.68. The molecule has 11 heteroatoms. The maximum absolute atomic E-state index is 13.2. The van der Waals surface area contributed by atoms with Crippen molar-refractivity contribution in [2.24, 2.45) is 0 Å². The number of likely N-dealkylation sites (tertiary alicyclic amines) is 1. The van der Waals surface area contributed by atoms with E-state index in [-0.39, 0.29) is 31.7 Å². The Bertz CT molecular complexity index is 1400. The number of carbonyl (C=O) groups is 2. The van der Waals surface area contributed by atoms with Crippen LogP contribution in [0.4, 0.5) is 4.79 Å². The summed E-state index contributed by atoms with van der Waals surface area (Å²) in [5, 5.41) is 12.7. The lowest BCUT2D eigenvalue weighted by molar-refractivity contribution is -0.122. The van der Waals surface area contributed by atoms with Crippen molar-refractivity contribution < 1.29 is 43.1 Å². The second kappa shape index (κ2) is 12.3. The average molecular weight is 565 g/mol. The lowest BCUT2D eigenvalue weighted by Crippen LogP contribution is -2.38. The Morgan fingerprint density at radius 2 is 1.63 bits per heavy atom. The summed E-state index contributed by atoms with van der Waals surface area (Å²) in [6.45, 7) is 0.794. The Morgan fingerprint density at radius 3 is 2.34 bits per heavy atom. The van der Waals surface area contributed by atoms with Gasteiger partial charge in [-0.1, -0.05) is 24.3 Å². The molecule has 3 atom stereocenters. The van der Waals surface area contributed by atoms with E-state index in [0.29, 0.717) is 35.3 Å². The number of carbonyl (C=O) groups excluding carboxylic acids is 1. The van der Waals surface area contributed by atoms with Gasteiger partial charge in [-0.05, 0) is 53.1 Å². The van der Waals surface area contributed by atoms with Crippen molar-refractivity contribution in [3.05, 3.63) is 77.4 Å². The van der Waals surface area contributed by atoms with Gasteiger partial charge in [-0.15, -0.1) is 0 Å². The molecule has 5 rings (SSSR count). The molecule has 1 fully saturated rings. The minimum atomic E-state index is -1.39. The molecule has 0 saturated carbocycles. The second-order valence-corrected chi connectivity index (χ2v) is 9.68. The number of benzene rings is 3. The Labute approximate surface area is 237 Å². The molecule has 11 nitrogen and oxygen atoms in total. The number of methoxy groups -OCH3 is 3. The number of nitrogens with zero attached hydrogens (tertiary/aromatic N) is 1. The Hall–Kier alpha value is -4.64. The van der Waals surface area contributed by atoms with Gasteiger partial charge in [0.25, 0.3) is 0 Å². The predicted molar refractivity (Wildman–Crippen MR) is 147 cm³/mol. The van der Waals surface area contributed by atoms with E-state index >= 15 is 0 Å². The molecule has 2 N–H and O–H groups in total. The molecule has 41 heavy (non-hydrogen) atoms. The highest BCUT2D eigenvalue weighted by molar-refractivity contribution is 5.78. The maximum atomic E-state index is 13.2. The summed E-state index contributed by atoms with van der Waals surface area (Å²) >= 11 is 0. The van der Waals surface area contributed by atoms with E-state index in [1.165, 1.54) is 0 Å². The fourth-order valence-corrected chi connectivity index (χ4v) is 5.40. The third kappa shape index (κ3) is 6.09. The van der Waals surface area contributed by atoms with Gasteiger partial charge in [-0.2, -0.15) is 0 Å². The monoisotopic (exact) mass is 564 g/mol. The van der Waals surface area contributed by atoms with Gasteiger partial charge in [0.1, 0.15) is 11.9 Å². The van der Waals surface area contributed by atoms with Crippen molar-refractivity contribution >= 4 is 12.1 Å². The zero-order valence-electron chi connectivity index (χ0n) is 23.0. The van der Waals surface area contributed by atoms with Gasteiger partial charge in [0, 0.05) is 19.0 Å². The van der Waals surface area contributed by atoms with Crippen LogP contribution in [-0.2, 0) is 16.1 Å². The first-order chi connectivity index (χ1) is 19.9. The first kappa shape index (κ1) is 27.9. The number of fused-ring (bicyclic) bond motifs is 1. The van der Waals surface area contributed by atoms with E-state index in [9.17, 15) is 14.7 Å². The number of ether oxygens (including phenoxy) is 6.